The average Bonchev–Trinajstić information content (AvgIpc) is 3.13. The van der Waals surface area contributed by atoms with Crippen LogP contribution in [0.5, 0.6) is 0 Å². The van der Waals surface area contributed by atoms with Gasteiger partial charge >= 0.3 is 0 Å². The molecule has 1 aliphatic heterocycles. The Morgan fingerprint density at radius 1 is 1.29 bits per heavy atom. The molecule has 1 aromatic heterocycles. The van der Waals surface area contributed by atoms with Crippen molar-refractivity contribution in [3.63, 3.8) is 0 Å². The van der Waals surface area contributed by atoms with E-state index in [0.717, 1.165) is 24.1 Å². The summed E-state index contributed by atoms with van der Waals surface area (Å²) >= 11 is 0. The molecule has 1 aromatic carbocycles. The maximum Gasteiger partial charge on any atom is 0.229 e. The normalized spacial score (nSPS) is 20.4. The maximum atomic E-state index is 12.5. The lowest BCUT2D eigenvalue weighted by molar-refractivity contribution is -0.128. The average molecular weight is 324 g/mol. The van der Waals surface area contributed by atoms with E-state index in [1.807, 2.05) is 46.1 Å². The van der Waals surface area contributed by atoms with Crippen molar-refractivity contribution in [2.75, 3.05) is 11.9 Å². The van der Waals surface area contributed by atoms with Gasteiger partial charge in [-0.15, -0.1) is 0 Å². The minimum Gasteiger partial charge on any atom is -0.339 e. The molecule has 2 fully saturated rings. The van der Waals surface area contributed by atoms with Crippen LogP contribution in [0.15, 0.2) is 42.7 Å². The van der Waals surface area contributed by atoms with Gasteiger partial charge in [-0.1, -0.05) is 12.1 Å². The first-order valence-electron chi connectivity index (χ1n) is 8.36. The SMILES string of the molecule is O=C(Nc1cccc(Cn2cccn2)c1)C1CC(=O)N(C2CC2)C1. The van der Waals surface area contributed by atoms with Crippen molar-refractivity contribution in [3.05, 3.63) is 48.3 Å². The summed E-state index contributed by atoms with van der Waals surface area (Å²) in [6, 6.07) is 10.0. The topological polar surface area (TPSA) is 67.2 Å². The Balaban J connectivity index is 1.39. The molecule has 1 unspecified atom stereocenters. The molecule has 4 rings (SSSR count). The summed E-state index contributed by atoms with van der Waals surface area (Å²) in [6.07, 6.45) is 6.14. The molecule has 124 valence electrons. The molecule has 6 nitrogen and oxygen atoms in total. The van der Waals surface area contributed by atoms with Crippen LogP contribution in [0.2, 0.25) is 0 Å². The zero-order valence-electron chi connectivity index (χ0n) is 13.4. The van der Waals surface area contributed by atoms with E-state index in [1.165, 1.54) is 0 Å². The Labute approximate surface area is 140 Å². The van der Waals surface area contributed by atoms with E-state index in [0.29, 0.717) is 25.6 Å². The van der Waals surface area contributed by atoms with Gasteiger partial charge in [0, 0.05) is 37.1 Å². The van der Waals surface area contributed by atoms with Gasteiger partial charge in [0.25, 0.3) is 0 Å². The van der Waals surface area contributed by atoms with Gasteiger partial charge in [0.2, 0.25) is 11.8 Å². The van der Waals surface area contributed by atoms with Gasteiger partial charge in [0.05, 0.1) is 12.5 Å². The van der Waals surface area contributed by atoms with E-state index < -0.39 is 0 Å². The number of hydrogen-bond acceptors (Lipinski definition) is 3. The van der Waals surface area contributed by atoms with Crippen molar-refractivity contribution in [2.24, 2.45) is 5.92 Å². The lowest BCUT2D eigenvalue weighted by atomic mass is 10.1. The highest BCUT2D eigenvalue weighted by molar-refractivity contribution is 5.97. The summed E-state index contributed by atoms with van der Waals surface area (Å²) in [5.74, 6) is -0.194. The molecule has 2 amide bonds. The summed E-state index contributed by atoms with van der Waals surface area (Å²) < 4.78 is 1.84. The van der Waals surface area contributed by atoms with Crippen LogP contribution in [0.4, 0.5) is 5.69 Å². The highest BCUT2D eigenvalue weighted by Gasteiger charge is 2.41. The number of likely N-dealkylation sites (tertiary alicyclic amines) is 1. The minimum absolute atomic E-state index is 0.0669. The summed E-state index contributed by atoms with van der Waals surface area (Å²) in [4.78, 5) is 26.3. The smallest absolute Gasteiger partial charge is 0.229 e. The van der Waals surface area contributed by atoms with Gasteiger partial charge in [-0.25, -0.2) is 0 Å². The van der Waals surface area contributed by atoms with Crippen LogP contribution in [0, 0.1) is 5.92 Å². The van der Waals surface area contributed by atoms with Gasteiger partial charge in [0.1, 0.15) is 0 Å². The lowest BCUT2D eigenvalue weighted by Crippen LogP contribution is -2.29. The molecule has 1 atom stereocenters. The van der Waals surface area contributed by atoms with Crippen molar-refractivity contribution >= 4 is 17.5 Å². The first-order chi connectivity index (χ1) is 11.7. The fraction of sp³-hybridized carbons (Fsp3) is 0.389. The van der Waals surface area contributed by atoms with Crippen molar-refractivity contribution < 1.29 is 9.59 Å². The van der Waals surface area contributed by atoms with Gasteiger partial charge in [-0.3, -0.25) is 14.3 Å². The second kappa shape index (κ2) is 6.11. The Morgan fingerprint density at radius 2 is 2.17 bits per heavy atom. The third-order valence-corrected chi connectivity index (χ3v) is 4.62. The third kappa shape index (κ3) is 3.18. The fourth-order valence-electron chi connectivity index (χ4n) is 3.22. The number of rotatable bonds is 5. The second-order valence-electron chi connectivity index (χ2n) is 6.57. The molecular weight excluding hydrogens is 304 g/mol. The zero-order valence-corrected chi connectivity index (χ0v) is 13.4. The Bertz CT molecular complexity index is 752. The van der Waals surface area contributed by atoms with Gasteiger partial charge in [0.15, 0.2) is 0 Å². The number of carbonyl (C=O) groups excluding carboxylic acids is 2. The predicted molar refractivity (Wildman–Crippen MR) is 89.2 cm³/mol. The van der Waals surface area contributed by atoms with E-state index in [4.69, 9.17) is 0 Å². The zero-order chi connectivity index (χ0) is 16.5. The number of aromatic nitrogens is 2. The Morgan fingerprint density at radius 3 is 2.92 bits per heavy atom. The number of nitrogens with one attached hydrogen (secondary N) is 1. The summed E-state index contributed by atoms with van der Waals surface area (Å²) in [5.41, 5.74) is 1.83. The first-order valence-corrected chi connectivity index (χ1v) is 8.36. The Kier molecular flexibility index (Phi) is 3.80. The van der Waals surface area contributed by atoms with Crippen LogP contribution in [-0.4, -0.2) is 39.1 Å². The quantitative estimate of drug-likeness (QED) is 0.913. The molecule has 0 radical (unpaired) electrons. The first kappa shape index (κ1) is 14.9. The molecule has 6 heteroatoms. The number of amides is 2. The fourth-order valence-corrected chi connectivity index (χ4v) is 3.22. The molecule has 1 N–H and O–H groups in total. The van der Waals surface area contributed by atoms with Crippen LogP contribution in [0.1, 0.15) is 24.8 Å². The van der Waals surface area contributed by atoms with Crippen molar-refractivity contribution in [1.82, 2.24) is 14.7 Å². The largest absolute Gasteiger partial charge is 0.339 e. The number of benzene rings is 1. The van der Waals surface area contributed by atoms with Gasteiger partial charge in [-0.2, -0.15) is 5.10 Å². The Hall–Kier alpha value is -2.63. The monoisotopic (exact) mass is 324 g/mol. The number of nitrogens with zero attached hydrogens (tertiary/aromatic N) is 3. The number of hydrogen-bond donors (Lipinski definition) is 1. The number of anilines is 1. The number of carbonyl (C=O) groups is 2. The molecule has 0 bridgehead atoms. The summed E-state index contributed by atoms with van der Waals surface area (Å²) in [6.45, 7) is 1.22. The standard InChI is InChI=1S/C18H20N4O2/c23-17-10-14(12-22(17)16-5-6-16)18(24)20-15-4-1-3-13(9-15)11-21-8-2-7-19-21/h1-4,7-9,14,16H,5-6,10-12H2,(H,20,24). The van der Waals surface area contributed by atoms with E-state index >= 15 is 0 Å². The van der Waals surface area contributed by atoms with E-state index in [2.05, 4.69) is 10.4 Å². The van der Waals surface area contributed by atoms with Crippen LogP contribution in [0.3, 0.4) is 0 Å². The molecule has 2 heterocycles. The van der Waals surface area contributed by atoms with Gasteiger partial charge < -0.3 is 10.2 Å². The van der Waals surface area contributed by atoms with E-state index in [9.17, 15) is 9.59 Å². The highest BCUT2D eigenvalue weighted by Crippen LogP contribution is 2.33. The molecule has 24 heavy (non-hydrogen) atoms. The summed E-state index contributed by atoms with van der Waals surface area (Å²) in [5, 5.41) is 7.15. The van der Waals surface area contributed by atoms with Crippen molar-refractivity contribution in [1.29, 1.82) is 0 Å². The predicted octanol–water partition coefficient (Wildman–Crippen LogP) is 1.88. The molecule has 2 aliphatic rings. The van der Waals surface area contributed by atoms with Crippen LogP contribution in [0.25, 0.3) is 0 Å². The van der Waals surface area contributed by atoms with Crippen LogP contribution < -0.4 is 5.32 Å². The van der Waals surface area contributed by atoms with E-state index in [-0.39, 0.29) is 17.7 Å². The van der Waals surface area contributed by atoms with Crippen LogP contribution >= 0.6 is 0 Å². The molecule has 2 aromatic rings. The van der Waals surface area contributed by atoms with E-state index in [1.54, 1.807) is 6.20 Å². The maximum absolute atomic E-state index is 12.5. The molecule has 1 aliphatic carbocycles. The third-order valence-electron chi connectivity index (χ3n) is 4.62. The molecular formula is C18H20N4O2. The van der Waals surface area contributed by atoms with Crippen molar-refractivity contribution in [2.45, 2.75) is 31.8 Å². The van der Waals surface area contributed by atoms with Gasteiger partial charge in [-0.05, 0) is 36.6 Å². The highest BCUT2D eigenvalue weighted by atomic mass is 16.2. The minimum atomic E-state index is -0.243. The second-order valence-corrected chi connectivity index (χ2v) is 6.57. The molecule has 1 saturated heterocycles. The lowest BCUT2D eigenvalue weighted by Gasteiger charge is -2.15. The summed E-state index contributed by atoms with van der Waals surface area (Å²) in [7, 11) is 0. The van der Waals surface area contributed by atoms with Crippen LogP contribution in [-0.2, 0) is 16.1 Å². The molecule has 0 spiro atoms. The molecule has 1 saturated carbocycles. The van der Waals surface area contributed by atoms with Crippen molar-refractivity contribution in [3.8, 4) is 0 Å².